The second kappa shape index (κ2) is 5.97. The molecule has 6 heteroatoms. The number of aryl methyl sites for hydroxylation is 1. The maximum Gasteiger partial charge on any atom is 0.203 e. The van der Waals surface area contributed by atoms with Gasteiger partial charge in [0, 0.05) is 10.9 Å². The number of anilines is 1. The van der Waals surface area contributed by atoms with E-state index < -0.39 is 0 Å². The normalized spacial score (nSPS) is 10.4. The Morgan fingerprint density at radius 3 is 2.94 bits per heavy atom. The summed E-state index contributed by atoms with van der Waals surface area (Å²) in [6.07, 6.45) is 1.75. The summed E-state index contributed by atoms with van der Waals surface area (Å²) in [7, 11) is 0. The van der Waals surface area contributed by atoms with Gasteiger partial charge in [0.1, 0.15) is 10.8 Å². The van der Waals surface area contributed by atoms with Gasteiger partial charge in [0.2, 0.25) is 5.13 Å². The number of ether oxygens (including phenoxy) is 1. The average Bonchev–Trinajstić information content (AvgIpc) is 2.71. The van der Waals surface area contributed by atoms with E-state index in [1.54, 1.807) is 0 Å². The molecule has 0 saturated heterocycles. The zero-order valence-corrected chi connectivity index (χ0v) is 11.5. The van der Waals surface area contributed by atoms with Crippen molar-refractivity contribution in [1.82, 2.24) is 10.2 Å². The number of hydrogen-bond acceptors (Lipinski definition) is 5. The third-order valence-electron chi connectivity index (χ3n) is 2.08. The first kappa shape index (κ1) is 12.3. The summed E-state index contributed by atoms with van der Waals surface area (Å²) in [5.74, 6) is 0.871. The molecule has 0 aliphatic carbocycles. The molecule has 2 aromatic rings. The molecule has 90 valence electrons. The molecule has 2 N–H and O–H groups in total. The van der Waals surface area contributed by atoms with Gasteiger partial charge in [-0.25, -0.2) is 0 Å². The summed E-state index contributed by atoms with van der Waals surface area (Å²) in [5, 5.41) is 9.20. The van der Waals surface area contributed by atoms with E-state index in [0.29, 0.717) is 11.7 Å². The third-order valence-corrected chi connectivity index (χ3v) is 3.39. The highest BCUT2D eigenvalue weighted by Gasteiger charge is 2.01. The number of nitrogen functional groups attached to an aromatic ring is 1. The van der Waals surface area contributed by atoms with Crippen LogP contribution in [0.5, 0.6) is 5.75 Å². The molecule has 1 aromatic heterocycles. The molecule has 0 amide bonds. The van der Waals surface area contributed by atoms with Gasteiger partial charge in [-0.3, -0.25) is 0 Å². The Morgan fingerprint density at radius 1 is 1.35 bits per heavy atom. The summed E-state index contributed by atoms with van der Waals surface area (Å²) < 4.78 is 6.63. The van der Waals surface area contributed by atoms with Crippen LogP contribution in [-0.4, -0.2) is 16.8 Å². The van der Waals surface area contributed by atoms with E-state index in [4.69, 9.17) is 10.5 Å². The minimum absolute atomic E-state index is 0.521. The first-order valence-electron chi connectivity index (χ1n) is 5.20. The Morgan fingerprint density at radius 2 is 2.24 bits per heavy atom. The SMILES string of the molecule is Nc1nnc(CCCOc2cccc(Br)c2)s1. The Kier molecular flexibility index (Phi) is 4.33. The maximum absolute atomic E-state index is 5.61. The van der Waals surface area contributed by atoms with Crippen molar-refractivity contribution in [2.75, 3.05) is 12.3 Å². The highest BCUT2D eigenvalue weighted by atomic mass is 79.9. The van der Waals surface area contributed by atoms with E-state index in [1.165, 1.54) is 11.3 Å². The number of halogens is 1. The van der Waals surface area contributed by atoms with Crippen LogP contribution in [0.25, 0.3) is 0 Å². The fourth-order valence-electron chi connectivity index (χ4n) is 1.34. The minimum Gasteiger partial charge on any atom is -0.494 e. The van der Waals surface area contributed by atoms with Gasteiger partial charge in [-0.15, -0.1) is 10.2 Å². The van der Waals surface area contributed by atoms with Gasteiger partial charge in [-0.2, -0.15) is 0 Å². The lowest BCUT2D eigenvalue weighted by atomic mass is 10.3. The van der Waals surface area contributed by atoms with Gasteiger partial charge in [0.05, 0.1) is 6.61 Å². The van der Waals surface area contributed by atoms with Crippen LogP contribution in [0.3, 0.4) is 0 Å². The molecule has 4 nitrogen and oxygen atoms in total. The van der Waals surface area contributed by atoms with Crippen molar-refractivity contribution in [3.63, 3.8) is 0 Å². The van der Waals surface area contributed by atoms with Crippen molar-refractivity contribution in [3.05, 3.63) is 33.7 Å². The monoisotopic (exact) mass is 313 g/mol. The van der Waals surface area contributed by atoms with Gasteiger partial charge >= 0.3 is 0 Å². The Labute approximate surface area is 112 Å². The van der Waals surface area contributed by atoms with E-state index >= 15 is 0 Å². The van der Waals surface area contributed by atoms with Gasteiger partial charge in [-0.1, -0.05) is 33.3 Å². The first-order chi connectivity index (χ1) is 8.24. The van der Waals surface area contributed by atoms with E-state index in [9.17, 15) is 0 Å². The Bertz CT molecular complexity index is 489. The van der Waals surface area contributed by atoms with Crippen LogP contribution in [0.4, 0.5) is 5.13 Å². The van der Waals surface area contributed by atoms with Crippen molar-refractivity contribution in [3.8, 4) is 5.75 Å². The zero-order valence-electron chi connectivity index (χ0n) is 9.10. The van der Waals surface area contributed by atoms with Gasteiger partial charge < -0.3 is 10.5 Å². The lowest BCUT2D eigenvalue weighted by Gasteiger charge is -2.05. The summed E-state index contributed by atoms with van der Waals surface area (Å²) in [4.78, 5) is 0. The molecular weight excluding hydrogens is 302 g/mol. The van der Waals surface area contributed by atoms with E-state index in [-0.39, 0.29) is 0 Å². The molecule has 0 saturated carbocycles. The molecule has 0 aliphatic rings. The Hall–Kier alpha value is -1.14. The van der Waals surface area contributed by atoms with E-state index in [2.05, 4.69) is 26.1 Å². The van der Waals surface area contributed by atoms with Crippen LogP contribution in [0.15, 0.2) is 28.7 Å². The molecule has 0 bridgehead atoms. The number of nitrogens with two attached hydrogens (primary N) is 1. The fourth-order valence-corrected chi connectivity index (χ4v) is 2.37. The maximum atomic E-state index is 5.61. The lowest BCUT2D eigenvalue weighted by Crippen LogP contribution is -1.99. The second-order valence-electron chi connectivity index (χ2n) is 3.44. The van der Waals surface area contributed by atoms with Crippen LogP contribution in [0.1, 0.15) is 11.4 Å². The van der Waals surface area contributed by atoms with E-state index in [0.717, 1.165) is 28.1 Å². The van der Waals surface area contributed by atoms with Crippen molar-refractivity contribution in [1.29, 1.82) is 0 Å². The van der Waals surface area contributed by atoms with Crippen molar-refractivity contribution >= 4 is 32.4 Å². The van der Waals surface area contributed by atoms with Gasteiger partial charge in [0.15, 0.2) is 0 Å². The summed E-state index contributed by atoms with van der Waals surface area (Å²) >= 11 is 4.83. The highest BCUT2D eigenvalue weighted by Crippen LogP contribution is 2.18. The number of aromatic nitrogens is 2. The molecule has 0 unspecified atom stereocenters. The van der Waals surface area contributed by atoms with Crippen LogP contribution in [-0.2, 0) is 6.42 Å². The number of hydrogen-bond donors (Lipinski definition) is 1. The molecule has 0 aliphatic heterocycles. The largest absolute Gasteiger partial charge is 0.494 e. The molecule has 0 radical (unpaired) electrons. The molecule has 1 aromatic carbocycles. The van der Waals surface area contributed by atoms with Crippen molar-refractivity contribution in [2.45, 2.75) is 12.8 Å². The smallest absolute Gasteiger partial charge is 0.203 e. The fraction of sp³-hybridized carbons (Fsp3) is 0.273. The molecule has 2 rings (SSSR count). The average molecular weight is 314 g/mol. The molecule has 17 heavy (non-hydrogen) atoms. The molecule has 1 heterocycles. The summed E-state index contributed by atoms with van der Waals surface area (Å²) in [6.45, 7) is 0.663. The molecule has 0 atom stereocenters. The van der Waals surface area contributed by atoms with Gasteiger partial charge in [0.25, 0.3) is 0 Å². The minimum atomic E-state index is 0.521. The number of rotatable bonds is 5. The van der Waals surface area contributed by atoms with Crippen LogP contribution >= 0.6 is 27.3 Å². The lowest BCUT2D eigenvalue weighted by molar-refractivity contribution is 0.310. The summed E-state index contributed by atoms with van der Waals surface area (Å²) in [5.41, 5.74) is 5.50. The van der Waals surface area contributed by atoms with E-state index in [1.807, 2.05) is 24.3 Å². The number of nitrogens with zero attached hydrogens (tertiary/aromatic N) is 2. The molecular formula is C11H12BrN3OS. The highest BCUT2D eigenvalue weighted by molar-refractivity contribution is 9.10. The summed E-state index contributed by atoms with van der Waals surface area (Å²) in [6, 6.07) is 7.80. The van der Waals surface area contributed by atoms with Crippen LogP contribution in [0, 0.1) is 0 Å². The van der Waals surface area contributed by atoms with Crippen molar-refractivity contribution in [2.24, 2.45) is 0 Å². The first-order valence-corrected chi connectivity index (χ1v) is 6.81. The zero-order chi connectivity index (χ0) is 12.1. The Balaban J connectivity index is 1.73. The quantitative estimate of drug-likeness (QED) is 0.862. The standard InChI is InChI=1S/C11H12BrN3OS/c12-8-3-1-4-9(7-8)16-6-2-5-10-14-15-11(13)17-10/h1,3-4,7H,2,5-6H2,(H2,13,15). The second-order valence-corrected chi connectivity index (χ2v) is 5.45. The molecule has 0 spiro atoms. The van der Waals surface area contributed by atoms with Crippen LogP contribution in [0.2, 0.25) is 0 Å². The molecule has 0 fully saturated rings. The number of benzene rings is 1. The predicted octanol–water partition coefficient (Wildman–Crippen LogP) is 2.89. The van der Waals surface area contributed by atoms with Crippen LogP contribution < -0.4 is 10.5 Å². The third kappa shape index (κ3) is 3.98. The van der Waals surface area contributed by atoms with Gasteiger partial charge in [-0.05, 0) is 24.6 Å². The predicted molar refractivity (Wildman–Crippen MR) is 72.3 cm³/mol. The topological polar surface area (TPSA) is 61.0 Å². The van der Waals surface area contributed by atoms with Crippen molar-refractivity contribution < 1.29 is 4.74 Å².